The Labute approximate surface area is 122 Å². The third-order valence-corrected chi connectivity index (χ3v) is 4.13. The number of carbonyl (C=O) groups excluding carboxylic acids is 1. The molecule has 4 heteroatoms. The second-order valence-electron chi connectivity index (χ2n) is 4.81. The highest BCUT2D eigenvalue weighted by Gasteiger charge is 2.28. The van der Waals surface area contributed by atoms with Crippen LogP contribution in [0.15, 0.2) is 24.3 Å². The van der Waals surface area contributed by atoms with Gasteiger partial charge in [0.2, 0.25) is 0 Å². The SMILES string of the molecule is N#Cc1ccc(C(=O)N(CCCBr)C2CCC2)cc1. The van der Waals surface area contributed by atoms with Crippen LogP contribution in [-0.4, -0.2) is 28.7 Å². The molecule has 1 amide bonds. The molecule has 3 nitrogen and oxygen atoms in total. The van der Waals surface area contributed by atoms with Crippen molar-refractivity contribution in [1.29, 1.82) is 5.26 Å². The molecule has 1 aliphatic carbocycles. The third kappa shape index (κ3) is 3.36. The molecule has 0 saturated heterocycles. The molecule has 1 aromatic rings. The van der Waals surface area contributed by atoms with Crippen LogP contribution in [0, 0.1) is 11.3 Å². The van der Waals surface area contributed by atoms with Gasteiger partial charge in [0.15, 0.2) is 0 Å². The highest BCUT2D eigenvalue weighted by atomic mass is 79.9. The van der Waals surface area contributed by atoms with Crippen molar-refractivity contribution < 1.29 is 4.79 Å². The fraction of sp³-hybridized carbons (Fsp3) is 0.467. The fourth-order valence-corrected chi connectivity index (χ4v) is 2.48. The second kappa shape index (κ2) is 6.72. The van der Waals surface area contributed by atoms with Crippen molar-refractivity contribution in [2.75, 3.05) is 11.9 Å². The van der Waals surface area contributed by atoms with Gasteiger partial charge in [-0.2, -0.15) is 5.26 Å². The molecule has 0 aliphatic heterocycles. The number of carbonyl (C=O) groups is 1. The molecular formula is C15H17BrN2O. The van der Waals surface area contributed by atoms with Gasteiger partial charge >= 0.3 is 0 Å². The van der Waals surface area contributed by atoms with E-state index < -0.39 is 0 Å². The van der Waals surface area contributed by atoms with E-state index in [2.05, 4.69) is 22.0 Å². The van der Waals surface area contributed by atoms with Crippen molar-refractivity contribution in [1.82, 2.24) is 4.90 Å². The number of rotatable bonds is 5. The number of benzene rings is 1. The molecule has 2 rings (SSSR count). The molecule has 0 bridgehead atoms. The number of hydrogen-bond acceptors (Lipinski definition) is 2. The molecule has 1 aromatic carbocycles. The van der Waals surface area contributed by atoms with Crippen molar-refractivity contribution in [3.05, 3.63) is 35.4 Å². The lowest BCUT2D eigenvalue weighted by molar-refractivity contribution is 0.0581. The van der Waals surface area contributed by atoms with Crippen LogP contribution in [0.1, 0.15) is 41.6 Å². The highest BCUT2D eigenvalue weighted by Crippen LogP contribution is 2.26. The van der Waals surface area contributed by atoms with Crippen molar-refractivity contribution in [3.63, 3.8) is 0 Å². The standard InChI is InChI=1S/C15H17BrN2O/c16-9-2-10-18(14-3-1-4-14)15(19)13-7-5-12(11-17)6-8-13/h5-8,14H,1-4,9-10H2. The Morgan fingerprint density at radius 2 is 2.05 bits per heavy atom. The van der Waals surface area contributed by atoms with E-state index in [0.717, 1.165) is 31.1 Å². The second-order valence-corrected chi connectivity index (χ2v) is 5.61. The maximum absolute atomic E-state index is 12.5. The summed E-state index contributed by atoms with van der Waals surface area (Å²) >= 11 is 3.42. The van der Waals surface area contributed by atoms with E-state index in [9.17, 15) is 4.79 Å². The summed E-state index contributed by atoms with van der Waals surface area (Å²) in [6.07, 6.45) is 4.42. The van der Waals surface area contributed by atoms with E-state index in [0.29, 0.717) is 17.2 Å². The molecule has 0 aromatic heterocycles. The number of halogens is 1. The molecular weight excluding hydrogens is 304 g/mol. The average Bonchev–Trinajstić information content (AvgIpc) is 2.40. The van der Waals surface area contributed by atoms with Crippen LogP contribution in [0.3, 0.4) is 0 Å². The topological polar surface area (TPSA) is 44.1 Å². The van der Waals surface area contributed by atoms with Gasteiger partial charge in [-0.3, -0.25) is 4.79 Å². The normalized spacial score (nSPS) is 14.5. The Morgan fingerprint density at radius 3 is 2.53 bits per heavy atom. The Morgan fingerprint density at radius 1 is 1.37 bits per heavy atom. The van der Waals surface area contributed by atoms with E-state index in [-0.39, 0.29) is 5.91 Å². The van der Waals surface area contributed by atoms with Gasteiger partial charge in [0.05, 0.1) is 11.6 Å². The van der Waals surface area contributed by atoms with Crippen LogP contribution in [0.2, 0.25) is 0 Å². The number of nitriles is 1. The fourth-order valence-electron chi connectivity index (χ4n) is 2.23. The Bertz CT molecular complexity index is 474. The summed E-state index contributed by atoms with van der Waals surface area (Å²) in [4.78, 5) is 14.5. The monoisotopic (exact) mass is 320 g/mol. The zero-order chi connectivity index (χ0) is 13.7. The number of alkyl halides is 1. The molecule has 0 heterocycles. The molecule has 0 spiro atoms. The number of amides is 1. The van der Waals surface area contributed by atoms with Gasteiger partial charge in [0, 0.05) is 23.5 Å². The van der Waals surface area contributed by atoms with E-state index in [1.807, 2.05) is 4.90 Å². The summed E-state index contributed by atoms with van der Waals surface area (Å²) in [6.45, 7) is 0.800. The van der Waals surface area contributed by atoms with Crippen molar-refractivity contribution >= 4 is 21.8 Å². The largest absolute Gasteiger partial charge is 0.336 e. The summed E-state index contributed by atoms with van der Waals surface area (Å²) in [5.41, 5.74) is 1.27. The predicted octanol–water partition coefficient (Wildman–Crippen LogP) is 3.34. The molecule has 19 heavy (non-hydrogen) atoms. The molecule has 100 valence electrons. The molecule has 0 N–H and O–H groups in total. The number of nitrogens with zero attached hydrogens (tertiary/aromatic N) is 2. The minimum atomic E-state index is 0.0927. The van der Waals surface area contributed by atoms with Gasteiger partial charge in [-0.15, -0.1) is 0 Å². The molecule has 1 aliphatic rings. The van der Waals surface area contributed by atoms with E-state index >= 15 is 0 Å². The Balaban J connectivity index is 2.10. The first-order valence-corrected chi connectivity index (χ1v) is 7.75. The van der Waals surface area contributed by atoms with Crippen molar-refractivity contribution in [3.8, 4) is 6.07 Å². The molecule has 0 atom stereocenters. The quantitative estimate of drug-likeness (QED) is 0.781. The van der Waals surface area contributed by atoms with Crippen LogP contribution in [0.25, 0.3) is 0 Å². The summed E-state index contributed by atoms with van der Waals surface area (Å²) in [5, 5.41) is 9.69. The molecule has 1 fully saturated rings. The lowest BCUT2D eigenvalue weighted by Gasteiger charge is -2.37. The highest BCUT2D eigenvalue weighted by molar-refractivity contribution is 9.09. The van der Waals surface area contributed by atoms with Gasteiger partial charge < -0.3 is 4.90 Å². The Hall–Kier alpha value is -1.34. The van der Waals surface area contributed by atoms with Crippen LogP contribution in [0.4, 0.5) is 0 Å². The van der Waals surface area contributed by atoms with Gasteiger partial charge in [-0.05, 0) is 49.9 Å². The first-order chi connectivity index (χ1) is 9.26. The first-order valence-electron chi connectivity index (χ1n) is 6.63. The van der Waals surface area contributed by atoms with E-state index in [1.165, 1.54) is 6.42 Å². The maximum Gasteiger partial charge on any atom is 0.254 e. The van der Waals surface area contributed by atoms with Crippen LogP contribution < -0.4 is 0 Å². The van der Waals surface area contributed by atoms with Gasteiger partial charge in [-0.1, -0.05) is 15.9 Å². The van der Waals surface area contributed by atoms with Crippen LogP contribution in [-0.2, 0) is 0 Å². The lowest BCUT2D eigenvalue weighted by atomic mass is 9.90. The van der Waals surface area contributed by atoms with Crippen molar-refractivity contribution in [2.24, 2.45) is 0 Å². The summed E-state index contributed by atoms with van der Waals surface area (Å²) in [6, 6.07) is 9.39. The van der Waals surface area contributed by atoms with E-state index in [1.54, 1.807) is 24.3 Å². The zero-order valence-electron chi connectivity index (χ0n) is 10.8. The third-order valence-electron chi connectivity index (χ3n) is 3.57. The van der Waals surface area contributed by atoms with Crippen LogP contribution in [0.5, 0.6) is 0 Å². The van der Waals surface area contributed by atoms with Gasteiger partial charge in [0.1, 0.15) is 0 Å². The lowest BCUT2D eigenvalue weighted by Crippen LogP contribution is -2.44. The van der Waals surface area contributed by atoms with Crippen LogP contribution >= 0.6 is 15.9 Å². The maximum atomic E-state index is 12.5. The molecule has 0 radical (unpaired) electrons. The zero-order valence-corrected chi connectivity index (χ0v) is 12.4. The van der Waals surface area contributed by atoms with E-state index in [4.69, 9.17) is 5.26 Å². The summed E-state index contributed by atoms with van der Waals surface area (Å²) in [5.74, 6) is 0.0927. The predicted molar refractivity (Wildman–Crippen MR) is 78.2 cm³/mol. The molecule has 1 saturated carbocycles. The smallest absolute Gasteiger partial charge is 0.254 e. The Kier molecular flexibility index (Phi) is 4.98. The van der Waals surface area contributed by atoms with Gasteiger partial charge in [-0.25, -0.2) is 0 Å². The summed E-state index contributed by atoms with van der Waals surface area (Å²) in [7, 11) is 0. The minimum absolute atomic E-state index is 0.0927. The molecule has 0 unspecified atom stereocenters. The van der Waals surface area contributed by atoms with Crippen molar-refractivity contribution in [2.45, 2.75) is 31.7 Å². The van der Waals surface area contributed by atoms with Gasteiger partial charge in [0.25, 0.3) is 5.91 Å². The summed E-state index contributed by atoms with van der Waals surface area (Å²) < 4.78 is 0. The average molecular weight is 321 g/mol. The minimum Gasteiger partial charge on any atom is -0.336 e. The number of hydrogen-bond donors (Lipinski definition) is 0. The first kappa shape index (κ1) is 14.1.